The van der Waals surface area contributed by atoms with Gasteiger partial charge in [-0.05, 0) is 42.8 Å². The summed E-state index contributed by atoms with van der Waals surface area (Å²) >= 11 is 0. The van der Waals surface area contributed by atoms with Gasteiger partial charge in [0.1, 0.15) is 5.75 Å². The molecule has 0 saturated carbocycles. The van der Waals surface area contributed by atoms with Crippen LogP contribution in [0, 0.1) is 0 Å². The number of carbonyl (C=O) groups is 2. The second-order valence-electron chi connectivity index (χ2n) is 6.16. The second kappa shape index (κ2) is 8.89. The van der Waals surface area contributed by atoms with E-state index in [0.29, 0.717) is 24.4 Å². The van der Waals surface area contributed by atoms with E-state index in [2.05, 4.69) is 0 Å². The number of nitrogens with zero attached hydrogens (tertiary/aromatic N) is 2. The van der Waals surface area contributed by atoms with Crippen LogP contribution in [0.2, 0.25) is 0 Å². The molecule has 0 atom stereocenters. The highest BCUT2D eigenvalue weighted by Crippen LogP contribution is 2.18. The zero-order chi connectivity index (χ0) is 19.1. The fourth-order valence-corrected chi connectivity index (χ4v) is 2.50. The van der Waals surface area contributed by atoms with Crippen molar-refractivity contribution in [3.63, 3.8) is 0 Å². The molecular weight excluding hydrogens is 330 g/mol. The van der Waals surface area contributed by atoms with Gasteiger partial charge in [0.2, 0.25) is 0 Å². The minimum Gasteiger partial charge on any atom is -0.484 e. The number of ether oxygens (including phenoxy) is 1. The minimum atomic E-state index is -0.557. The summed E-state index contributed by atoms with van der Waals surface area (Å²) in [4.78, 5) is 27.4. The zero-order valence-electron chi connectivity index (χ0n) is 15.4. The van der Waals surface area contributed by atoms with Gasteiger partial charge in [-0.25, -0.2) is 0 Å². The summed E-state index contributed by atoms with van der Waals surface area (Å²) in [5.74, 6) is -0.201. The molecule has 2 N–H and O–H groups in total. The number of anilines is 1. The van der Waals surface area contributed by atoms with Crippen LogP contribution in [0.15, 0.2) is 48.5 Å². The summed E-state index contributed by atoms with van der Waals surface area (Å²) in [6.45, 7) is 2.84. The molecule has 0 heterocycles. The Morgan fingerprint density at radius 1 is 1.08 bits per heavy atom. The molecule has 6 heteroatoms. The number of hydrogen-bond acceptors (Lipinski definition) is 4. The first kappa shape index (κ1) is 19.3. The van der Waals surface area contributed by atoms with Crippen LogP contribution in [-0.2, 0) is 11.3 Å². The largest absolute Gasteiger partial charge is 0.484 e. The number of rotatable bonds is 8. The molecule has 0 fully saturated rings. The summed E-state index contributed by atoms with van der Waals surface area (Å²) in [7, 11) is 3.98. The summed E-state index contributed by atoms with van der Waals surface area (Å²) in [6, 6.07) is 14.9. The standard InChI is InChI=1S/C20H25N3O3/c1-4-23(13-15-8-10-17(11-9-15)22(2)3)20(25)16-6-5-7-18(12-16)26-14-19(21)24/h5-12H,4,13-14H2,1-3H3,(H2,21,24). The lowest BCUT2D eigenvalue weighted by molar-refractivity contribution is -0.119. The van der Waals surface area contributed by atoms with Gasteiger partial charge in [0.15, 0.2) is 6.61 Å². The third kappa shape index (κ3) is 5.24. The highest BCUT2D eigenvalue weighted by molar-refractivity contribution is 5.94. The van der Waals surface area contributed by atoms with Crippen molar-refractivity contribution in [2.75, 3.05) is 32.1 Å². The Balaban J connectivity index is 2.10. The lowest BCUT2D eigenvalue weighted by Gasteiger charge is -2.22. The monoisotopic (exact) mass is 355 g/mol. The molecule has 0 unspecified atom stereocenters. The van der Waals surface area contributed by atoms with Crippen molar-refractivity contribution in [3.05, 3.63) is 59.7 Å². The Morgan fingerprint density at radius 3 is 2.35 bits per heavy atom. The van der Waals surface area contributed by atoms with E-state index in [4.69, 9.17) is 10.5 Å². The Hall–Kier alpha value is -3.02. The first-order chi connectivity index (χ1) is 12.4. The smallest absolute Gasteiger partial charge is 0.255 e. The van der Waals surface area contributed by atoms with Crippen LogP contribution in [0.1, 0.15) is 22.8 Å². The summed E-state index contributed by atoms with van der Waals surface area (Å²) < 4.78 is 5.28. The molecule has 2 aromatic rings. The summed E-state index contributed by atoms with van der Waals surface area (Å²) in [5.41, 5.74) is 7.77. The van der Waals surface area contributed by atoms with Crippen molar-refractivity contribution in [3.8, 4) is 5.75 Å². The Bertz CT molecular complexity index is 757. The zero-order valence-corrected chi connectivity index (χ0v) is 15.4. The molecule has 26 heavy (non-hydrogen) atoms. The number of amides is 2. The van der Waals surface area contributed by atoms with Crippen LogP contribution in [0.5, 0.6) is 5.75 Å². The van der Waals surface area contributed by atoms with Crippen molar-refractivity contribution in [2.45, 2.75) is 13.5 Å². The maximum absolute atomic E-state index is 12.8. The van der Waals surface area contributed by atoms with Crippen molar-refractivity contribution in [1.82, 2.24) is 4.90 Å². The molecule has 0 aliphatic carbocycles. The number of nitrogens with two attached hydrogens (primary N) is 1. The number of benzene rings is 2. The topological polar surface area (TPSA) is 75.9 Å². The molecule has 0 aliphatic rings. The maximum atomic E-state index is 12.8. The second-order valence-corrected chi connectivity index (χ2v) is 6.16. The highest BCUT2D eigenvalue weighted by Gasteiger charge is 2.15. The van der Waals surface area contributed by atoms with E-state index in [0.717, 1.165) is 11.3 Å². The molecule has 0 bridgehead atoms. The minimum absolute atomic E-state index is 0.0892. The highest BCUT2D eigenvalue weighted by atomic mass is 16.5. The van der Waals surface area contributed by atoms with Gasteiger partial charge in [0, 0.05) is 38.4 Å². The first-order valence-corrected chi connectivity index (χ1v) is 8.47. The van der Waals surface area contributed by atoms with Gasteiger partial charge in [-0.3, -0.25) is 9.59 Å². The van der Waals surface area contributed by atoms with Crippen molar-refractivity contribution >= 4 is 17.5 Å². The van der Waals surface area contributed by atoms with Crippen molar-refractivity contribution in [2.24, 2.45) is 5.73 Å². The Kier molecular flexibility index (Phi) is 6.60. The first-order valence-electron chi connectivity index (χ1n) is 8.47. The van der Waals surface area contributed by atoms with Gasteiger partial charge >= 0.3 is 0 Å². The van der Waals surface area contributed by atoms with Gasteiger partial charge < -0.3 is 20.3 Å². The van der Waals surface area contributed by atoms with E-state index in [9.17, 15) is 9.59 Å². The average molecular weight is 355 g/mol. The molecule has 2 amide bonds. The normalized spacial score (nSPS) is 10.3. The van der Waals surface area contributed by atoms with E-state index >= 15 is 0 Å². The molecule has 0 aliphatic heterocycles. The van der Waals surface area contributed by atoms with Crippen LogP contribution in [0.3, 0.4) is 0 Å². The molecule has 0 saturated heterocycles. The van der Waals surface area contributed by atoms with E-state index in [1.54, 1.807) is 29.2 Å². The van der Waals surface area contributed by atoms with Crippen LogP contribution >= 0.6 is 0 Å². The molecule has 0 spiro atoms. The third-order valence-electron chi connectivity index (χ3n) is 3.96. The maximum Gasteiger partial charge on any atom is 0.255 e. The fourth-order valence-electron chi connectivity index (χ4n) is 2.50. The van der Waals surface area contributed by atoms with Gasteiger partial charge in [-0.2, -0.15) is 0 Å². The number of primary amides is 1. The van der Waals surface area contributed by atoms with E-state index in [-0.39, 0.29) is 12.5 Å². The molecule has 2 aromatic carbocycles. The van der Waals surface area contributed by atoms with Crippen molar-refractivity contribution < 1.29 is 14.3 Å². The number of hydrogen-bond donors (Lipinski definition) is 1. The van der Waals surface area contributed by atoms with E-state index in [1.807, 2.05) is 50.2 Å². The lowest BCUT2D eigenvalue weighted by atomic mass is 10.1. The fraction of sp³-hybridized carbons (Fsp3) is 0.300. The quantitative estimate of drug-likeness (QED) is 0.788. The molecular formula is C20H25N3O3. The van der Waals surface area contributed by atoms with Crippen LogP contribution < -0.4 is 15.4 Å². The Labute approximate surface area is 154 Å². The Morgan fingerprint density at radius 2 is 1.77 bits per heavy atom. The number of carbonyl (C=O) groups excluding carboxylic acids is 2. The molecule has 2 rings (SSSR count). The lowest BCUT2D eigenvalue weighted by Crippen LogP contribution is -2.30. The molecule has 0 aromatic heterocycles. The predicted octanol–water partition coefficient (Wildman–Crippen LogP) is 2.28. The molecule has 0 radical (unpaired) electrons. The van der Waals surface area contributed by atoms with Gasteiger partial charge in [0.25, 0.3) is 11.8 Å². The van der Waals surface area contributed by atoms with E-state index in [1.165, 1.54) is 0 Å². The predicted molar refractivity (Wildman–Crippen MR) is 102 cm³/mol. The van der Waals surface area contributed by atoms with Crippen molar-refractivity contribution in [1.29, 1.82) is 0 Å². The summed E-state index contributed by atoms with van der Waals surface area (Å²) in [5, 5.41) is 0. The third-order valence-corrected chi connectivity index (χ3v) is 3.96. The van der Waals surface area contributed by atoms with Gasteiger partial charge in [-0.1, -0.05) is 18.2 Å². The SMILES string of the molecule is CCN(Cc1ccc(N(C)C)cc1)C(=O)c1cccc(OCC(N)=O)c1. The molecule has 138 valence electrons. The van der Waals surface area contributed by atoms with Gasteiger partial charge in [-0.15, -0.1) is 0 Å². The molecule has 6 nitrogen and oxygen atoms in total. The van der Waals surface area contributed by atoms with Crippen LogP contribution in [0.4, 0.5) is 5.69 Å². The summed E-state index contributed by atoms with van der Waals surface area (Å²) in [6.07, 6.45) is 0. The average Bonchev–Trinajstić information content (AvgIpc) is 2.64. The van der Waals surface area contributed by atoms with Crippen LogP contribution in [0.25, 0.3) is 0 Å². The van der Waals surface area contributed by atoms with Gasteiger partial charge in [0.05, 0.1) is 0 Å². The van der Waals surface area contributed by atoms with Crippen LogP contribution in [-0.4, -0.2) is 44.0 Å². The van der Waals surface area contributed by atoms with E-state index < -0.39 is 5.91 Å².